The predicted octanol–water partition coefficient (Wildman–Crippen LogP) is 3.13. The molecule has 0 spiro atoms. The van der Waals surface area contributed by atoms with Crippen molar-refractivity contribution in [3.05, 3.63) is 52.1 Å². The van der Waals surface area contributed by atoms with Crippen LogP contribution in [-0.4, -0.2) is 10.2 Å². The van der Waals surface area contributed by atoms with Gasteiger partial charge in [0.1, 0.15) is 0 Å². The van der Waals surface area contributed by atoms with Gasteiger partial charge in [0.15, 0.2) is 0 Å². The van der Waals surface area contributed by atoms with Crippen LogP contribution >= 0.6 is 11.6 Å². The number of carbonyl (C=O) groups is 1. The van der Waals surface area contributed by atoms with Crippen LogP contribution in [0.2, 0.25) is 0 Å². The number of halogens is 1. The van der Waals surface area contributed by atoms with Gasteiger partial charge in [0.05, 0.1) is 10.3 Å². The summed E-state index contributed by atoms with van der Waals surface area (Å²) in [6.45, 7) is 0. The first-order chi connectivity index (χ1) is 7.59. The number of hydrogen-bond donors (Lipinski definition) is 0. The van der Waals surface area contributed by atoms with Crippen LogP contribution < -0.4 is 0 Å². The van der Waals surface area contributed by atoms with Crippen LogP contribution in [0.25, 0.3) is 10.8 Å². The van der Waals surface area contributed by atoms with Crippen LogP contribution in [0.4, 0.5) is 5.69 Å². The highest BCUT2D eigenvalue weighted by Gasteiger charge is 2.12. The van der Waals surface area contributed by atoms with Crippen molar-refractivity contribution in [2.24, 2.45) is 0 Å². The molecule has 0 aromatic heterocycles. The molecule has 0 saturated carbocycles. The Kier molecular flexibility index (Phi) is 2.58. The van der Waals surface area contributed by atoms with Crippen molar-refractivity contribution in [3.8, 4) is 0 Å². The lowest BCUT2D eigenvalue weighted by Crippen LogP contribution is -1.92. The quantitative estimate of drug-likeness (QED) is 0.456. The summed E-state index contributed by atoms with van der Waals surface area (Å²) < 4.78 is 0. The lowest BCUT2D eigenvalue weighted by molar-refractivity contribution is -0.383. The number of rotatable bonds is 2. The SMILES string of the molecule is O=C(Cl)c1ccc2c([N+](=O)[O-])cccc2c1. The van der Waals surface area contributed by atoms with Gasteiger partial charge in [-0.15, -0.1) is 0 Å². The second-order valence-electron chi connectivity index (χ2n) is 3.24. The average Bonchev–Trinajstić information content (AvgIpc) is 2.27. The van der Waals surface area contributed by atoms with E-state index in [1.165, 1.54) is 24.3 Å². The van der Waals surface area contributed by atoms with Crippen LogP contribution in [0.1, 0.15) is 10.4 Å². The molecule has 0 fully saturated rings. The highest BCUT2D eigenvalue weighted by Crippen LogP contribution is 2.26. The van der Waals surface area contributed by atoms with Crippen LogP contribution in [0.5, 0.6) is 0 Å². The second-order valence-corrected chi connectivity index (χ2v) is 3.59. The zero-order chi connectivity index (χ0) is 11.7. The van der Waals surface area contributed by atoms with Crippen molar-refractivity contribution in [2.75, 3.05) is 0 Å². The molecule has 0 unspecified atom stereocenters. The maximum Gasteiger partial charge on any atom is 0.277 e. The first-order valence-corrected chi connectivity index (χ1v) is 4.84. The Labute approximate surface area is 95.6 Å². The molecule has 0 bridgehead atoms. The molecule has 0 aliphatic rings. The minimum atomic E-state index is -0.576. The van der Waals surface area contributed by atoms with Gasteiger partial charge in [0.2, 0.25) is 0 Å². The fourth-order valence-corrected chi connectivity index (χ4v) is 1.67. The fraction of sp³-hybridized carbons (Fsp3) is 0. The van der Waals surface area contributed by atoms with Crippen molar-refractivity contribution in [2.45, 2.75) is 0 Å². The maximum atomic E-state index is 10.9. The summed E-state index contributed by atoms with van der Waals surface area (Å²) in [5.41, 5.74) is 0.348. The lowest BCUT2D eigenvalue weighted by Gasteiger charge is -2.00. The third-order valence-corrected chi connectivity index (χ3v) is 2.50. The van der Waals surface area contributed by atoms with E-state index in [-0.39, 0.29) is 5.69 Å². The highest BCUT2D eigenvalue weighted by atomic mass is 35.5. The van der Waals surface area contributed by atoms with Gasteiger partial charge in [0.25, 0.3) is 10.9 Å². The molecule has 4 nitrogen and oxygen atoms in total. The molecule has 0 aliphatic carbocycles. The standard InChI is InChI=1S/C11H6ClNO3/c12-11(14)8-4-5-9-7(6-8)2-1-3-10(9)13(15)16/h1-6H. The zero-order valence-corrected chi connectivity index (χ0v) is 8.77. The third kappa shape index (κ3) is 1.75. The Hall–Kier alpha value is -1.94. The van der Waals surface area contributed by atoms with E-state index in [0.29, 0.717) is 16.3 Å². The molecule has 16 heavy (non-hydrogen) atoms. The topological polar surface area (TPSA) is 60.2 Å². The summed E-state index contributed by atoms with van der Waals surface area (Å²) in [7, 11) is 0. The number of nitro benzene ring substituents is 1. The molecule has 2 rings (SSSR count). The van der Waals surface area contributed by atoms with E-state index in [9.17, 15) is 14.9 Å². The van der Waals surface area contributed by atoms with E-state index < -0.39 is 10.2 Å². The minimum absolute atomic E-state index is 0.0195. The Balaban J connectivity index is 2.73. The molecule has 0 aliphatic heterocycles. The molecule has 0 radical (unpaired) electrons. The van der Waals surface area contributed by atoms with Gasteiger partial charge in [-0.3, -0.25) is 14.9 Å². The molecule has 2 aromatic carbocycles. The number of hydrogen-bond acceptors (Lipinski definition) is 3. The zero-order valence-electron chi connectivity index (χ0n) is 8.01. The normalized spacial score (nSPS) is 10.3. The smallest absolute Gasteiger partial charge is 0.276 e. The van der Waals surface area contributed by atoms with E-state index in [4.69, 9.17) is 11.6 Å². The van der Waals surface area contributed by atoms with Gasteiger partial charge in [-0.2, -0.15) is 0 Å². The number of benzene rings is 2. The van der Waals surface area contributed by atoms with Crippen molar-refractivity contribution in [1.82, 2.24) is 0 Å². The molecule has 0 saturated heterocycles. The Morgan fingerprint density at radius 2 is 2.00 bits per heavy atom. The molecule has 0 heterocycles. The van der Waals surface area contributed by atoms with E-state index in [1.54, 1.807) is 12.1 Å². The predicted molar refractivity (Wildman–Crippen MR) is 60.8 cm³/mol. The summed E-state index contributed by atoms with van der Waals surface area (Å²) >= 11 is 5.33. The summed E-state index contributed by atoms with van der Waals surface area (Å²) in [6, 6.07) is 9.24. The number of fused-ring (bicyclic) bond motifs is 1. The van der Waals surface area contributed by atoms with Crippen LogP contribution in [-0.2, 0) is 0 Å². The van der Waals surface area contributed by atoms with Gasteiger partial charge in [-0.25, -0.2) is 0 Å². The third-order valence-electron chi connectivity index (χ3n) is 2.28. The van der Waals surface area contributed by atoms with Gasteiger partial charge < -0.3 is 0 Å². The van der Waals surface area contributed by atoms with E-state index in [2.05, 4.69) is 0 Å². The molecular formula is C11H6ClNO3. The molecular weight excluding hydrogens is 230 g/mol. The summed E-state index contributed by atoms with van der Waals surface area (Å²) in [5, 5.41) is 11.3. The molecule has 0 atom stereocenters. The van der Waals surface area contributed by atoms with Gasteiger partial charge in [-0.1, -0.05) is 12.1 Å². The second kappa shape index (κ2) is 3.90. The van der Waals surface area contributed by atoms with Crippen LogP contribution in [0.3, 0.4) is 0 Å². The van der Waals surface area contributed by atoms with Crippen molar-refractivity contribution >= 4 is 33.3 Å². The number of nitro groups is 1. The summed E-state index contributed by atoms with van der Waals surface area (Å²) in [6.07, 6.45) is 0. The first kappa shape index (κ1) is 10.6. The molecule has 0 amide bonds. The number of carbonyl (C=O) groups excluding carboxylic acids is 1. The monoisotopic (exact) mass is 235 g/mol. The minimum Gasteiger partial charge on any atom is -0.276 e. The molecule has 2 aromatic rings. The lowest BCUT2D eigenvalue weighted by atomic mass is 10.1. The number of non-ortho nitro benzene ring substituents is 1. The average molecular weight is 236 g/mol. The summed E-state index contributed by atoms with van der Waals surface area (Å²) in [5.74, 6) is 0. The number of nitrogens with zero attached hydrogens (tertiary/aromatic N) is 1. The molecule has 5 heteroatoms. The Morgan fingerprint density at radius 3 is 2.62 bits per heavy atom. The first-order valence-electron chi connectivity index (χ1n) is 4.46. The van der Waals surface area contributed by atoms with Crippen molar-refractivity contribution < 1.29 is 9.72 Å². The van der Waals surface area contributed by atoms with Crippen LogP contribution in [0, 0.1) is 10.1 Å². The van der Waals surface area contributed by atoms with Gasteiger partial charge in [0, 0.05) is 11.6 Å². The van der Waals surface area contributed by atoms with E-state index >= 15 is 0 Å². The van der Waals surface area contributed by atoms with Gasteiger partial charge in [-0.05, 0) is 35.2 Å². The fourth-order valence-electron chi connectivity index (χ4n) is 1.55. The maximum absolute atomic E-state index is 10.9. The molecule has 0 N–H and O–H groups in total. The molecule has 80 valence electrons. The highest BCUT2D eigenvalue weighted by molar-refractivity contribution is 6.67. The Bertz CT molecular complexity index is 595. The van der Waals surface area contributed by atoms with Crippen molar-refractivity contribution in [3.63, 3.8) is 0 Å². The van der Waals surface area contributed by atoms with Crippen molar-refractivity contribution in [1.29, 1.82) is 0 Å². The van der Waals surface area contributed by atoms with Gasteiger partial charge >= 0.3 is 0 Å². The summed E-state index contributed by atoms with van der Waals surface area (Å²) in [4.78, 5) is 21.2. The van der Waals surface area contributed by atoms with E-state index in [1.807, 2.05) is 0 Å². The Morgan fingerprint density at radius 1 is 1.25 bits per heavy atom. The largest absolute Gasteiger partial charge is 0.277 e. The van der Waals surface area contributed by atoms with E-state index in [0.717, 1.165) is 0 Å². The van der Waals surface area contributed by atoms with Crippen LogP contribution in [0.15, 0.2) is 36.4 Å².